The minimum absolute atomic E-state index is 0.255. The summed E-state index contributed by atoms with van der Waals surface area (Å²) >= 11 is 0. The molecule has 0 saturated carbocycles. The highest BCUT2D eigenvalue weighted by Crippen LogP contribution is 2.17. The van der Waals surface area contributed by atoms with Crippen molar-refractivity contribution in [3.05, 3.63) is 0 Å². The number of amides is 1. The van der Waals surface area contributed by atoms with Crippen LogP contribution in [-0.2, 0) is 4.79 Å². The number of hydrogen-bond acceptors (Lipinski definition) is 4. The zero-order valence-corrected chi connectivity index (χ0v) is 12.4. The van der Waals surface area contributed by atoms with Crippen molar-refractivity contribution in [3.63, 3.8) is 0 Å². The number of rotatable bonds is 4. The van der Waals surface area contributed by atoms with E-state index < -0.39 is 0 Å². The van der Waals surface area contributed by atoms with Crippen LogP contribution in [0.15, 0.2) is 0 Å². The van der Waals surface area contributed by atoms with E-state index in [4.69, 9.17) is 0 Å². The van der Waals surface area contributed by atoms with E-state index in [1.165, 1.54) is 25.9 Å². The van der Waals surface area contributed by atoms with Gasteiger partial charge in [0.2, 0.25) is 5.91 Å². The second-order valence-electron chi connectivity index (χ2n) is 5.73. The molecule has 5 nitrogen and oxygen atoms in total. The van der Waals surface area contributed by atoms with Crippen molar-refractivity contribution in [2.75, 3.05) is 59.4 Å². The summed E-state index contributed by atoms with van der Waals surface area (Å²) in [5, 5.41) is 3.11. The summed E-state index contributed by atoms with van der Waals surface area (Å²) in [5.74, 6) is 0.255. The molecule has 0 aromatic heterocycles. The summed E-state index contributed by atoms with van der Waals surface area (Å²) in [7, 11) is 2.20. The molecule has 2 heterocycles. The van der Waals surface area contributed by atoms with E-state index in [2.05, 4.69) is 22.2 Å². The van der Waals surface area contributed by atoms with Crippen LogP contribution in [0, 0.1) is 0 Å². The van der Waals surface area contributed by atoms with Crippen molar-refractivity contribution in [1.82, 2.24) is 20.0 Å². The fourth-order valence-corrected chi connectivity index (χ4v) is 3.04. The zero-order chi connectivity index (χ0) is 13.7. The molecule has 2 rings (SSSR count). The minimum Gasteiger partial charge on any atom is -0.339 e. The predicted molar refractivity (Wildman–Crippen MR) is 77.2 cm³/mol. The van der Waals surface area contributed by atoms with Crippen LogP contribution in [0.3, 0.4) is 0 Å². The van der Waals surface area contributed by atoms with Gasteiger partial charge in [0.15, 0.2) is 0 Å². The molecular weight excluding hydrogens is 240 g/mol. The topological polar surface area (TPSA) is 38.8 Å². The van der Waals surface area contributed by atoms with Crippen molar-refractivity contribution >= 4 is 5.91 Å². The van der Waals surface area contributed by atoms with Gasteiger partial charge in [-0.2, -0.15) is 0 Å². The first-order valence-corrected chi connectivity index (χ1v) is 7.61. The number of carbonyl (C=O) groups is 1. The molecule has 0 atom stereocenters. The molecule has 0 bridgehead atoms. The van der Waals surface area contributed by atoms with Crippen molar-refractivity contribution in [3.8, 4) is 0 Å². The van der Waals surface area contributed by atoms with Crippen molar-refractivity contribution in [2.45, 2.75) is 25.8 Å². The summed E-state index contributed by atoms with van der Waals surface area (Å²) in [5.41, 5.74) is 0. The number of piperazine rings is 1. The SMILES string of the molecule is CCNCC(=O)N1CCN(C2CCN(C)CC2)CC1. The molecule has 2 fully saturated rings. The average molecular weight is 268 g/mol. The van der Waals surface area contributed by atoms with Gasteiger partial charge in [-0.3, -0.25) is 9.69 Å². The van der Waals surface area contributed by atoms with Crippen LogP contribution >= 0.6 is 0 Å². The first-order chi connectivity index (χ1) is 9.20. The maximum absolute atomic E-state index is 11.9. The third-order valence-corrected chi connectivity index (χ3v) is 4.40. The van der Waals surface area contributed by atoms with Crippen LogP contribution in [0.2, 0.25) is 0 Å². The Morgan fingerprint density at radius 3 is 2.32 bits per heavy atom. The van der Waals surface area contributed by atoms with Crippen LogP contribution in [0.5, 0.6) is 0 Å². The third-order valence-electron chi connectivity index (χ3n) is 4.40. The standard InChI is InChI=1S/C14H28N4O/c1-3-15-12-14(19)18-10-8-17(9-11-18)13-4-6-16(2)7-5-13/h13,15H,3-12H2,1-2H3. The molecule has 2 aliphatic heterocycles. The van der Waals surface area contributed by atoms with Gasteiger partial charge in [-0.15, -0.1) is 0 Å². The molecule has 1 amide bonds. The van der Waals surface area contributed by atoms with Crippen molar-refractivity contribution in [2.24, 2.45) is 0 Å². The van der Waals surface area contributed by atoms with E-state index in [0.29, 0.717) is 6.54 Å². The number of likely N-dealkylation sites (N-methyl/N-ethyl adjacent to an activating group) is 1. The Balaban J connectivity index is 1.71. The van der Waals surface area contributed by atoms with Gasteiger partial charge in [-0.05, 0) is 39.5 Å². The summed E-state index contributed by atoms with van der Waals surface area (Å²) < 4.78 is 0. The fraction of sp³-hybridized carbons (Fsp3) is 0.929. The van der Waals surface area contributed by atoms with Crippen LogP contribution < -0.4 is 5.32 Å². The molecule has 0 aromatic carbocycles. The maximum atomic E-state index is 11.9. The third kappa shape index (κ3) is 4.16. The summed E-state index contributed by atoms with van der Waals surface area (Å²) in [6, 6.07) is 0.738. The van der Waals surface area contributed by atoms with E-state index in [0.717, 1.165) is 38.8 Å². The molecule has 1 N–H and O–H groups in total. The molecule has 0 aromatic rings. The highest BCUT2D eigenvalue weighted by atomic mass is 16.2. The lowest BCUT2D eigenvalue weighted by Crippen LogP contribution is -2.55. The molecule has 5 heteroatoms. The number of nitrogens with one attached hydrogen (secondary N) is 1. The Labute approximate surface area is 116 Å². The highest BCUT2D eigenvalue weighted by molar-refractivity contribution is 5.78. The first kappa shape index (κ1) is 14.8. The molecule has 0 radical (unpaired) electrons. The van der Waals surface area contributed by atoms with Crippen LogP contribution in [0.4, 0.5) is 0 Å². The quantitative estimate of drug-likeness (QED) is 0.769. The Morgan fingerprint density at radius 1 is 1.11 bits per heavy atom. The summed E-state index contributed by atoms with van der Waals surface area (Å²) in [4.78, 5) is 18.9. The normalized spacial score (nSPS) is 23.8. The van der Waals surface area contributed by atoms with E-state index in [1.54, 1.807) is 0 Å². The number of nitrogens with zero attached hydrogens (tertiary/aromatic N) is 3. The summed E-state index contributed by atoms with van der Waals surface area (Å²) in [6.45, 7) is 9.71. The molecule has 0 aliphatic carbocycles. The van der Waals surface area contributed by atoms with Gasteiger partial charge in [0.1, 0.15) is 0 Å². The number of piperidine rings is 1. The largest absolute Gasteiger partial charge is 0.339 e. The van der Waals surface area contributed by atoms with Gasteiger partial charge in [-0.25, -0.2) is 0 Å². The smallest absolute Gasteiger partial charge is 0.236 e. The van der Waals surface area contributed by atoms with Crippen LogP contribution in [-0.4, -0.2) is 86.1 Å². The van der Waals surface area contributed by atoms with E-state index >= 15 is 0 Å². The number of hydrogen-bond donors (Lipinski definition) is 1. The molecule has 19 heavy (non-hydrogen) atoms. The second-order valence-corrected chi connectivity index (χ2v) is 5.73. The molecule has 2 aliphatic rings. The lowest BCUT2D eigenvalue weighted by atomic mass is 10.0. The fourth-order valence-electron chi connectivity index (χ4n) is 3.04. The van der Waals surface area contributed by atoms with E-state index in [9.17, 15) is 4.79 Å². The second kappa shape index (κ2) is 7.22. The van der Waals surface area contributed by atoms with E-state index in [1.807, 2.05) is 11.8 Å². The predicted octanol–water partition coefficient (Wildman–Crippen LogP) is -0.166. The Hall–Kier alpha value is -0.650. The molecule has 2 saturated heterocycles. The zero-order valence-electron chi connectivity index (χ0n) is 12.4. The first-order valence-electron chi connectivity index (χ1n) is 7.61. The highest BCUT2D eigenvalue weighted by Gasteiger charge is 2.27. The lowest BCUT2D eigenvalue weighted by Gasteiger charge is -2.42. The Bertz CT molecular complexity index is 281. The Kier molecular flexibility index (Phi) is 5.60. The lowest BCUT2D eigenvalue weighted by molar-refractivity contribution is -0.132. The van der Waals surface area contributed by atoms with E-state index in [-0.39, 0.29) is 5.91 Å². The van der Waals surface area contributed by atoms with Crippen molar-refractivity contribution < 1.29 is 4.79 Å². The van der Waals surface area contributed by atoms with Gasteiger partial charge in [0.05, 0.1) is 6.54 Å². The molecule has 0 spiro atoms. The van der Waals surface area contributed by atoms with Gasteiger partial charge >= 0.3 is 0 Å². The van der Waals surface area contributed by atoms with Gasteiger partial charge in [0, 0.05) is 32.2 Å². The number of likely N-dealkylation sites (tertiary alicyclic amines) is 1. The van der Waals surface area contributed by atoms with Crippen molar-refractivity contribution in [1.29, 1.82) is 0 Å². The van der Waals surface area contributed by atoms with Crippen LogP contribution in [0.1, 0.15) is 19.8 Å². The van der Waals surface area contributed by atoms with Gasteiger partial charge in [-0.1, -0.05) is 6.92 Å². The number of carbonyl (C=O) groups excluding carboxylic acids is 1. The molecule has 0 unspecified atom stereocenters. The maximum Gasteiger partial charge on any atom is 0.236 e. The monoisotopic (exact) mass is 268 g/mol. The van der Waals surface area contributed by atoms with Gasteiger partial charge in [0.25, 0.3) is 0 Å². The van der Waals surface area contributed by atoms with Gasteiger partial charge < -0.3 is 15.1 Å². The molecular formula is C14H28N4O. The average Bonchev–Trinajstić information content (AvgIpc) is 2.46. The molecule has 110 valence electrons. The summed E-state index contributed by atoms with van der Waals surface area (Å²) in [6.07, 6.45) is 2.56. The minimum atomic E-state index is 0.255. The van der Waals surface area contributed by atoms with Crippen LogP contribution in [0.25, 0.3) is 0 Å². The Morgan fingerprint density at radius 2 is 1.74 bits per heavy atom.